The number of methoxy groups -OCH3 is 1. The van der Waals surface area contributed by atoms with Crippen LogP contribution in [-0.4, -0.2) is 43.4 Å². The number of nitro benzene ring substituents is 1. The van der Waals surface area contributed by atoms with Crippen LogP contribution in [0.2, 0.25) is 5.02 Å². The van der Waals surface area contributed by atoms with Gasteiger partial charge in [-0.25, -0.2) is 0 Å². The third-order valence-corrected chi connectivity index (χ3v) is 5.42. The van der Waals surface area contributed by atoms with Gasteiger partial charge in [-0.2, -0.15) is 4.68 Å². The normalized spacial score (nSPS) is 11.7. The van der Waals surface area contributed by atoms with Crippen LogP contribution in [-0.2, 0) is 4.79 Å². The first-order valence-electron chi connectivity index (χ1n) is 8.65. The lowest BCUT2D eigenvalue weighted by Crippen LogP contribution is -2.23. The molecule has 0 bridgehead atoms. The third kappa shape index (κ3) is 4.69. The number of nitrogens with one attached hydrogen (secondary N) is 1. The molecule has 3 aromatic rings. The number of carbonyl (C=O) groups excluding carboxylic acids is 1. The van der Waals surface area contributed by atoms with Crippen LogP contribution in [0.25, 0.3) is 5.69 Å². The number of aromatic nitrogens is 4. The van der Waals surface area contributed by atoms with Gasteiger partial charge in [0.25, 0.3) is 5.69 Å². The van der Waals surface area contributed by atoms with Gasteiger partial charge >= 0.3 is 0 Å². The highest BCUT2D eigenvalue weighted by Gasteiger charge is 2.22. The highest BCUT2D eigenvalue weighted by Crippen LogP contribution is 2.30. The Bertz CT molecular complexity index is 1110. The summed E-state index contributed by atoms with van der Waals surface area (Å²) in [4.78, 5) is 22.9. The van der Waals surface area contributed by atoms with Crippen molar-refractivity contribution in [3.63, 3.8) is 0 Å². The maximum Gasteiger partial charge on any atom is 0.271 e. The van der Waals surface area contributed by atoms with Crippen LogP contribution in [0.1, 0.15) is 12.5 Å². The van der Waals surface area contributed by atoms with Crippen molar-refractivity contribution < 1.29 is 14.5 Å². The molecule has 1 atom stereocenters. The Labute approximate surface area is 180 Å². The Morgan fingerprint density at radius 2 is 2.10 bits per heavy atom. The SMILES string of the molecule is COc1ccc(C)cc1-n1nnnc1S[C@@H](C)C(=O)Nc1ccc([N+](=O)[O-])cc1Cl. The number of anilines is 1. The van der Waals surface area contributed by atoms with Crippen molar-refractivity contribution in [1.82, 2.24) is 20.2 Å². The van der Waals surface area contributed by atoms with E-state index in [-0.39, 0.29) is 22.3 Å². The fraction of sp³-hybridized carbons (Fsp3) is 0.222. The lowest BCUT2D eigenvalue weighted by molar-refractivity contribution is -0.384. The zero-order chi connectivity index (χ0) is 21.8. The molecule has 1 N–H and O–H groups in total. The van der Waals surface area contributed by atoms with Crippen LogP contribution in [0.4, 0.5) is 11.4 Å². The molecule has 156 valence electrons. The molecular formula is C18H17ClN6O4S. The number of amides is 1. The number of nitrogens with zero attached hydrogens (tertiary/aromatic N) is 5. The number of thioether (sulfide) groups is 1. The van der Waals surface area contributed by atoms with E-state index >= 15 is 0 Å². The second-order valence-electron chi connectivity index (χ2n) is 6.22. The monoisotopic (exact) mass is 448 g/mol. The van der Waals surface area contributed by atoms with Gasteiger partial charge in [-0.05, 0) is 48.0 Å². The number of benzene rings is 2. The molecule has 1 aromatic heterocycles. The van der Waals surface area contributed by atoms with E-state index in [1.54, 1.807) is 14.0 Å². The third-order valence-electron chi connectivity index (χ3n) is 4.08. The van der Waals surface area contributed by atoms with Gasteiger partial charge in [0.15, 0.2) is 0 Å². The minimum Gasteiger partial charge on any atom is -0.494 e. The molecular weight excluding hydrogens is 432 g/mol. The first-order chi connectivity index (χ1) is 14.3. The second-order valence-corrected chi connectivity index (χ2v) is 7.93. The number of aryl methyl sites for hydroxylation is 1. The molecule has 0 aliphatic carbocycles. The molecule has 1 heterocycles. The van der Waals surface area contributed by atoms with E-state index in [1.807, 2.05) is 25.1 Å². The van der Waals surface area contributed by atoms with E-state index in [0.29, 0.717) is 16.6 Å². The fourth-order valence-electron chi connectivity index (χ4n) is 2.53. The zero-order valence-corrected chi connectivity index (χ0v) is 17.8. The summed E-state index contributed by atoms with van der Waals surface area (Å²) in [5, 5.41) is 25.1. The molecule has 0 unspecified atom stereocenters. The quantitative estimate of drug-likeness (QED) is 0.329. The van der Waals surface area contributed by atoms with Crippen LogP contribution in [0.15, 0.2) is 41.6 Å². The molecule has 3 rings (SSSR count). The smallest absolute Gasteiger partial charge is 0.271 e. The number of hydrogen-bond donors (Lipinski definition) is 1. The van der Waals surface area contributed by atoms with Crippen molar-refractivity contribution in [2.75, 3.05) is 12.4 Å². The van der Waals surface area contributed by atoms with Gasteiger partial charge in [-0.3, -0.25) is 14.9 Å². The summed E-state index contributed by atoms with van der Waals surface area (Å²) in [5.74, 6) is 0.228. The summed E-state index contributed by atoms with van der Waals surface area (Å²) in [7, 11) is 1.55. The predicted octanol–water partition coefficient (Wildman–Crippen LogP) is 3.66. The average molecular weight is 449 g/mol. The first kappa shape index (κ1) is 21.5. The maximum absolute atomic E-state index is 12.6. The van der Waals surface area contributed by atoms with E-state index in [4.69, 9.17) is 16.3 Å². The number of carbonyl (C=O) groups is 1. The molecule has 0 saturated carbocycles. The van der Waals surface area contributed by atoms with Crippen LogP contribution in [0.5, 0.6) is 5.75 Å². The predicted molar refractivity (Wildman–Crippen MR) is 112 cm³/mol. The fourth-order valence-corrected chi connectivity index (χ4v) is 3.56. The minimum atomic E-state index is -0.586. The summed E-state index contributed by atoms with van der Waals surface area (Å²) in [6.45, 7) is 3.62. The molecule has 0 radical (unpaired) electrons. The topological polar surface area (TPSA) is 125 Å². The molecule has 12 heteroatoms. The van der Waals surface area contributed by atoms with E-state index in [9.17, 15) is 14.9 Å². The largest absolute Gasteiger partial charge is 0.494 e. The van der Waals surface area contributed by atoms with Gasteiger partial charge in [0.05, 0.1) is 28.0 Å². The molecule has 0 aliphatic heterocycles. The average Bonchev–Trinajstić information content (AvgIpc) is 3.17. The van der Waals surface area contributed by atoms with Gasteiger partial charge in [0.1, 0.15) is 11.4 Å². The lowest BCUT2D eigenvalue weighted by Gasteiger charge is -2.14. The molecule has 1 amide bonds. The molecule has 10 nitrogen and oxygen atoms in total. The number of rotatable bonds is 7. The Balaban J connectivity index is 1.77. The molecule has 0 aliphatic rings. The summed E-state index contributed by atoms with van der Waals surface area (Å²) in [5.41, 5.74) is 1.76. The Morgan fingerprint density at radius 3 is 2.77 bits per heavy atom. The molecule has 0 fully saturated rings. The standard InChI is InChI=1S/C18H17ClN6O4S/c1-10-4-7-16(29-3)15(8-10)24-18(21-22-23-24)30-11(2)17(26)20-14-6-5-12(25(27)28)9-13(14)19/h4-9,11H,1-3H3,(H,20,26)/t11-/m0/s1. The summed E-state index contributed by atoms with van der Waals surface area (Å²) < 4.78 is 6.88. The van der Waals surface area contributed by atoms with Crippen molar-refractivity contribution in [3.8, 4) is 11.4 Å². The number of hydrogen-bond acceptors (Lipinski definition) is 8. The summed E-state index contributed by atoms with van der Waals surface area (Å²) in [6, 6.07) is 9.43. The highest BCUT2D eigenvalue weighted by molar-refractivity contribution is 8.00. The van der Waals surface area contributed by atoms with E-state index in [2.05, 4.69) is 20.8 Å². The van der Waals surface area contributed by atoms with E-state index in [0.717, 1.165) is 17.3 Å². The Morgan fingerprint density at radius 1 is 1.33 bits per heavy atom. The van der Waals surface area contributed by atoms with Crippen LogP contribution in [0.3, 0.4) is 0 Å². The van der Waals surface area contributed by atoms with E-state index in [1.165, 1.54) is 22.9 Å². The maximum atomic E-state index is 12.6. The van der Waals surface area contributed by atoms with Crippen molar-refractivity contribution in [2.24, 2.45) is 0 Å². The first-order valence-corrected chi connectivity index (χ1v) is 9.90. The van der Waals surface area contributed by atoms with Crippen LogP contribution >= 0.6 is 23.4 Å². The van der Waals surface area contributed by atoms with Crippen LogP contribution < -0.4 is 10.1 Å². The molecule has 0 saturated heterocycles. The number of non-ortho nitro benzene ring substituents is 1. The summed E-state index contributed by atoms with van der Waals surface area (Å²) in [6.07, 6.45) is 0. The summed E-state index contributed by atoms with van der Waals surface area (Å²) >= 11 is 7.19. The van der Waals surface area contributed by atoms with Crippen molar-refractivity contribution in [2.45, 2.75) is 24.3 Å². The number of nitro groups is 1. The molecule has 0 spiro atoms. The number of ether oxygens (including phenoxy) is 1. The van der Waals surface area contributed by atoms with Crippen molar-refractivity contribution >= 4 is 40.6 Å². The Kier molecular flexibility index (Phi) is 6.53. The van der Waals surface area contributed by atoms with E-state index < -0.39 is 10.2 Å². The highest BCUT2D eigenvalue weighted by atomic mass is 35.5. The van der Waals surface area contributed by atoms with Gasteiger partial charge in [-0.15, -0.1) is 5.10 Å². The minimum absolute atomic E-state index is 0.0732. The van der Waals surface area contributed by atoms with Crippen molar-refractivity contribution in [1.29, 1.82) is 0 Å². The van der Waals surface area contributed by atoms with Gasteiger partial charge in [0, 0.05) is 12.1 Å². The second kappa shape index (κ2) is 9.09. The lowest BCUT2D eigenvalue weighted by atomic mass is 10.2. The van der Waals surface area contributed by atoms with Gasteiger partial charge in [-0.1, -0.05) is 29.4 Å². The van der Waals surface area contributed by atoms with Gasteiger partial charge < -0.3 is 10.1 Å². The van der Waals surface area contributed by atoms with Crippen molar-refractivity contribution in [3.05, 3.63) is 57.1 Å². The molecule has 30 heavy (non-hydrogen) atoms. The number of halogens is 1. The number of tetrazole rings is 1. The molecule has 2 aromatic carbocycles. The Hall–Kier alpha value is -3.18. The van der Waals surface area contributed by atoms with Crippen LogP contribution in [0, 0.1) is 17.0 Å². The van der Waals surface area contributed by atoms with Gasteiger partial charge in [0.2, 0.25) is 11.1 Å². The zero-order valence-electron chi connectivity index (χ0n) is 16.2.